The molecule has 0 bridgehead atoms. The smallest absolute Gasteiger partial charge is 0.233 e. The van der Waals surface area contributed by atoms with Crippen LogP contribution in [-0.4, -0.2) is 41.1 Å². The highest BCUT2D eigenvalue weighted by Gasteiger charge is 2.35. The van der Waals surface area contributed by atoms with Crippen LogP contribution in [0.1, 0.15) is 25.3 Å². The summed E-state index contributed by atoms with van der Waals surface area (Å²) >= 11 is 2.81. The Kier molecular flexibility index (Phi) is 6.03. The summed E-state index contributed by atoms with van der Waals surface area (Å²) in [5, 5.41) is 10.5. The van der Waals surface area contributed by atoms with Gasteiger partial charge in [-0.15, -0.1) is 10.2 Å². The molecule has 1 amide bonds. The second kappa shape index (κ2) is 8.25. The van der Waals surface area contributed by atoms with Gasteiger partial charge in [0.2, 0.25) is 5.91 Å². The van der Waals surface area contributed by atoms with Crippen LogP contribution in [0.15, 0.2) is 34.1 Å². The van der Waals surface area contributed by atoms with Crippen LogP contribution in [0.3, 0.4) is 0 Å². The van der Waals surface area contributed by atoms with Gasteiger partial charge in [0.15, 0.2) is 4.34 Å². The van der Waals surface area contributed by atoms with Gasteiger partial charge in [-0.25, -0.2) is 4.39 Å². The van der Waals surface area contributed by atoms with Gasteiger partial charge in [0.05, 0.1) is 5.25 Å². The molecule has 25 heavy (non-hydrogen) atoms. The second-order valence-electron chi connectivity index (χ2n) is 6.09. The third-order valence-electron chi connectivity index (χ3n) is 4.47. The van der Waals surface area contributed by atoms with E-state index in [2.05, 4.69) is 15.5 Å². The molecule has 1 N–H and O–H groups in total. The maximum absolute atomic E-state index is 13.7. The fraction of sp³-hybridized carbons (Fsp3) is 0.471. The first-order valence-corrected chi connectivity index (χ1v) is 9.89. The quantitative estimate of drug-likeness (QED) is 0.780. The van der Waals surface area contributed by atoms with E-state index in [1.165, 1.54) is 29.2 Å². The molecule has 2 heterocycles. The minimum absolute atomic E-state index is 0.0533. The maximum Gasteiger partial charge on any atom is 0.233 e. The molecule has 1 aliphatic heterocycles. The topological polar surface area (TPSA) is 64.1 Å². The fourth-order valence-electron chi connectivity index (χ4n) is 2.97. The molecule has 1 aromatic carbocycles. The number of ether oxygens (including phenoxy) is 1. The van der Waals surface area contributed by atoms with E-state index in [4.69, 9.17) is 4.74 Å². The lowest BCUT2D eigenvalue weighted by molar-refractivity contribution is -0.120. The van der Waals surface area contributed by atoms with Crippen LogP contribution in [0.25, 0.3) is 0 Å². The summed E-state index contributed by atoms with van der Waals surface area (Å²) in [5.41, 5.74) is 2.28. The van der Waals surface area contributed by atoms with Gasteiger partial charge < -0.3 is 10.1 Å². The molecule has 0 spiro atoms. The Morgan fingerprint density at radius 1 is 1.48 bits per heavy atom. The molecule has 1 saturated heterocycles. The highest BCUT2D eigenvalue weighted by atomic mass is 32.2. The third kappa shape index (κ3) is 4.56. The van der Waals surface area contributed by atoms with E-state index in [0.717, 1.165) is 22.7 Å². The number of nitrogens with zero attached hydrogens (tertiary/aromatic N) is 2. The molecular formula is C17H20FN3O2S2. The largest absolute Gasteiger partial charge is 0.381 e. The number of hydrogen-bond acceptors (Lipinski definition) is 6. The van der Waals surface area contributed by atoms with Gasteiger partial charge in [-0.2, -0.15) is 0 Å². The molecular weight excluding hydrogens is 361 g/mol. The van der Waals surface area contributed by atoms with Crippen LogP contribution in [0.5, 0.6) is 0 Å². The summed E-state index contributed by atoms with van der Waals surface area (Å²) in [6.45, 7) is 3.54. The molecule has 1 aromatic heterocycles. The molecule has 134 valence electrons. The zero-order valence-corrected chi connectivity index (χ0v) is 15.5. The van der Waals surface area contributed by atoms with Crippen LogP contribution in [0.2, 0.25) is 0 Å². The van der Waals surface area contributed by atoms with Gasteiger partial charge >= 0.3 is 0 Å². The number of amides is 1. The van der Waals surface area contributed by atoms with Crippen molar-refractivity contribution < 1.29 is 13.9 Å². The van der Waals surface area contributed by atoms with E-state index >= 15 is 0 Å². The zero-order valence-electron chi connectivity index (χ0n) is 13.9. The highest BCUT2D eigenvalue weighted by Crippen LogP contribution is 2.35. The number of halogens is 1. The Bertz CT molecular complexity index is 706. The monoisotopic (exact) mass is 381 g/mol. The molecule has 0 saturated carbocycles. The molecule has 0 unspecified atom stereocenters. The molecule has 0 radical (unpaired) electrons. The van der Waals surface area contributed by atoms with Crippen LogP contribution < -0.4 is 5.32 Å². The lowest BCUT2D eigenvalue weighted by Gasteiger charge is -2.38. The van der Waals surface area contributed by atoms with E-state index in [9.17, 15) is 9.18 Å². The number of hydrogen-bond donors (Lipinski definition) is 1. The lowest BCUT2D eigenvalue weighted by atomic mass is 9.74. The van der Waals surface area contributed by atoms with Gasteiger partial charge in [-0.3, -0.25) is 4.79 Å². The SMILES string of the molecule is C[C@@H](Sc1nncs1)C(=O)NCC1(c2cccc(F)c2)CCOCC1. The van der Waals surface area contributed by atoms with Crippen molar-refractivity contribution in [3.8, 4) is 0 Å². The minimum atomic E-state index is -0.289. The summed E-state index contributed by atoms with van der Waals surface area (Å²) in [5.74, 6) is -0.308. The summed E-state index contributed by atoms with van der Waals surface area (Å²) in [7, 11) is 0. The number of aromatic nitrogens is 2. The number of carbonyl (C=O) groups excluding carboxylic acids is 1. The average Bonchev–Trinajstić information content (AvgIpc) is 3.13. The molecule has 1 aliphatic rings. The van der Waals surface area contributed by atoms with E-state index in [0.29, 0.717) is 19.8 Å². The van der Waals surface area contributed by atoms with Crippen molar-refractivity contribution in [2.45, 2.75) is 34.8 Å². The number of rotatable bonds is 6. The third-order valence-corrected chi connectivity index (χ3v) is 6.39. The first-order chi connectivity index (χ1) is 12.1. The van der Waals surface area contributed by atoms with Gasteiger partial charge in [0, 0.05) is 25.2 Å². The van der Waals surface area contributed by atoms with Gasteiger partial charge in [0.1, 0.15) is 11.3 Å². The first kappa shape index (κ1) is 18.3. The van der Waals surface area contributed by atoms with Crippen molar-refractivity contribution in [1.82, 2.24) is 15.5 Å². The van der Waals surface area contributed by atoms with Crippen molar-refractivity contribution in [3.05, 3.63) is 41.2 Å². The van der Waals surface area contributed by atoms with Crippen LogP contribution >= 0.6 is 23.1 Å². The normalized spacial score (nSPS) is 17.8. The summed E-state index contributed by atoms with van der Waals surface area (Å²) in [6, 6.07) is 6.66. The standard InChI is InChI=1S/C17H20FN3O2S2/c1-12(25-16-21-20-11-24-16)15(22)19-10-17(5-7-23-8-6-17)13-3-2-4-14(18)9-13/h2-4,9,11-12H,5-8,10H2,1H3,(H,19,22)/t12-/m1/s1. The summed E-state index contributed by atoms with van der Waals surface area (Å²) in [4.78, 5) is 12.5. The van der Waals surface area contributed by atoms with E-state index < -0.39 is 0 Å². The van der Waals surface area contributed by atoms with E-state index in [1.807, 2.05) is 13.0 Å². The lowest BCUT2D eigenvalue weighted by Crippen LogP contribution is -2.46. The van der Waals surface area contributed by atoms with E-state index in [1.54, 1.807) is 17.6 Å². The van der Waals surface area contributed by atoms with Crippen LogP contribution in [0, 0.1) is 5.82 Å². The van der Waals surface area contributed by atoms with Crippen molar-refractivity contribution in [3.63, 3.8) is 0 Å². The van der Waals surface area contributed by atoms with Crippen LogP contribution in [0.4, 0.5) is 4.39 Å². The molecule has 3 rings (SSSR count). The Balaban J connectivity index is 1.67. The number of benzene rings is 1. The number of thioether (sulfide) groups is 1. The van der Waals surface area contributed by atoms with Crippen molar-refractivity contribution in [2.75, 3.05) is 19.8 Å². The van der Waals surface area contributed by atoms with Gasteiger partial charge in [-0.05, 0) is 37.5 Å². The van der Waals surface area contributed by atoms with Crippen molar-refractivity contribution in [1.29, 1.82) is 0 Å². The molecule has 0 aliphatic carbocycles. The number of nitrogens with one attached hydrogen (secondary N) is 1. The number of carbonyl (C=O) groups is 1. The van der Waals surface area contributed by atoms with Gasteiger partial charge in [-0.1, -0.05) is 35.2 Å². The fourth-order valence-corrected chi connectivity index (χ4v) is 4.62. The second-order valence-corrected chi connectivity index (χ2v) is 8.51. The minimum Gasteiger partial charge on any atom is -0.381 e. The van der Waals surface area contributed by atoms with Gasteiger partial charge in [0.25, 0.3) is 0 Å². The van der Waals surface area contributed by atoms with E-state index in [-0.39, 0.29) is 22.4 Å². The molecule has 1 atom stereocenters. The summed E-state index contributed by atoms with van der Waals surface area (Å²) in [6.07, 6.45) is 1.52. The zero-order chi connectivity index (χ0) is 17.7. The Labute approximate surface area is 154 Å². The predicted octanol–water partition coefficient (Wildman–Crippen LogP) is 3.02. The maximum atomic E-state index is 13.7. The Hall–Kier alpha value is -1.51. The molecule has 1 fully saturated rings. The first-order valence-electron chi connectivity index (χ1n) is 8.13. The average molecular weight is 381 g/mol. The van der Waals surface area contributed by atoms with Crippen molar-refractivity contribution in [2.24, 2.45) is 0 Å². The Morgan fingerprint density at radius 2 is 2.28 bits per heavy atom. The highest BCUT2D eigenvalue weighted by molar-refractivity contribution is 8.02. The van der Waals surface area contributed by atoms with Crippen molar-refractivity contribution >= 4 is 29.0 Å². The predicted molar refractivity (Wildman–Crippen MR) is 96.4 cm³/mol. The molecule has 8 heteroatoms. The summed E-state index contributed by atoms with van der Waals surface area (Å²) < 4.78 is 19.9. The molecule has 5 nitrogen and oxygen atoms in total. The Morgan fingerprint density at radius 3 is 2.96 bits per heavy atom. The van der Waals surface area contributed by atoms with Crippen LogP contribution in [-0.2, 0) is 14.9 Å². The molecule has 2 aromatic rings.